The number of rotatable bonds is 9. The number of aliphatic hydroxyl groups excluding tert-OH is 3. The van der Waals surface area contributed by atoms with Gasteiger partial charge in [-0.25, -0.2) is 0 Å². The minimum absolute atomic E-state index is 0.0474. The van der Waals surface area contributed by atoms with Crippen molar-refractivity contribution in [2.75, 3.05) is 19.8 Å². The van der Waals surface area contributed by atoms with Gasteiger partial charge in [-0.05, 0) is 31.1 Å². The Kier molecular flexibility index (Phi) is 8.14. The molecule has 0 heterocycles. The lowest BCUT2D eigenvalue weighted by Crippen LogP contribution is -2.25. The van der Waals surface area contributed by atoms with Crippen molar-refractivity contribution in [3.05, 3.63) is 0 Å². The Hall–Kier alpha value is -0.120. The Balaban J connectivity index is 4.21. The monoisotopic (exact) mass is 204 g/mol. The lowest BCUT2D eigenvalue weighted by molar-refractivity contribution is 0.0891. The fraction of sp³-hybridized carbons (Fsp3) is 1.00. The molecule has 86 valence electrons. The molecule has 0 aromatic rings. The smallest absolute Gasteiger partial charge is 0.0436 e. The molecule has 0 aliphatic heterocycles. The van der Waals surface area contributed by atoms with Crippen LogP contribution >= 0.6 is 0 Å². The molecule has 0 aliphatic carbocycles. The maximum absolute atomic E-state index is 8.99. The summed E-state index contributed by atoms with van der Waals surface area (Å²) in [6.45, 7) is 2.55. The first-order valence-corrected chi connectivity index (χ1v) is 5.57. The van der Waals surface area contributed by atoms with E-state index >= 15 is 0 Å². The first kappa shape index (κ1) is 13.9. The normalized spacial score (nSPS) is 12.0. The van der Waals surface area contributed by atoms with Crippen molar-refractivity contribution in [2.24, 2.45) is 5.41 Å². The van der Waals surface area contributed by atoms with E-state index in [2.05, 4.69) is 6.92 Å². The van der Waals surface area contributed by atoms with Crippen LogP contribution in [-0.4, -0.2) is 35.1 Å². The van der Waals surface area contributed by atoms with Gasteiger partial charge in [0, 0.05) is 19.8 Å². The molecule has 0 bridgehead atoms. The summed E-state index contributed by atoms with van der Waals surface area (Å²) < 4.78 is 0. The SMILES string of the molecule is CCCCC(CCO)(CCO)CCO. The quantitative estimate of drug-likeness (QED) is 0.530. The predicted octanol–water partition coefficient (Wildman–Crippen LogP) is 1.31. The third kappa shape index (κ3) is 4.94. The van der Waals surface area contributed by atoms with Crippen LogP contribution in [-0.2, 0) is 0 Å². The van der Waals surface area contributed by atoms with E-state index in [9.17, 15) is 0 Å². The third-order valence-corrected chi connectivity index (χ3v) is 2.99. The Morgan fingerprint density at radius 3 is 1.50 bits per heavy atom. The van der Waals surface area contributed by atoms with Gasteiger partial charge in [-0.2, -0.15) is 0 Å². The summed E-state index contributed by atoms with van der Waals surface area (Å²) in [5.41, 5.74) is -0.0474. The van der Waals surface area contributed by atoms with Crippen LogP contribution < -0.4 is 0 Å². The van der Waals surface area contributed by atoms with Crippen LogP contribution in [0.4, 0.5) is 0 Å². The van der Waals surface area contributed by atoms with E-state index < -0.39 is 0 Å². The molecule has 0 rings (SSSR count). The van der Waals surface area contributed by atoms with Crippen molar-refractivity contribution in [2.45, 2.75) is 45.4 Å². The molecule has 0 aromatic carbocycles. The van der Waals surface area contributed by atoms with E-state index in [1.165, 1.54) is 0 Å². The zero-order valence-electron chi connectivity index (χ0n) is 9.21. The highest BCUT2D eigenvalue weighted by Crippen LogP contribution is 2.35. The fourth-order valence-electron chi connectivity index (χ4n) is 2.01. The largest absolute Gasteiger partial charge is 0.396 e. The third-order valence-electron chi connectivity index (χ3n) is 2.99. The molecule has 0 radical (unpaired) electrons. The van der Waals surface area contributed by atoms with Gasteiger partial charge in [0.1, 0.15) is 0 Å². The summed E-state index contributed by atoms with van der Waals surface area (Å²) in [5.74, 6) is 0. The van der Waals surface area contributed by atoms with Gasteiger partial charge in [-0.3, -0.25) is 0 Å². The summed E-state index contributed by atoms with van der Waals surface area (Å²) in [7, 11) is 0. The van der Waals surface area contributed by atoms with Gasteiger partial charge in [0.15, 0.2) is 0 Å². The molecule has 0 unspecified atom stereocenters. The molecular weight excluding hydrogens is 180 g/mol. The molecule has 0 fully saturated rings. The molecule has 0 atom stereocenters. The highest BCUT2D eigenvalue weighted by Gasteiger charge is 2.27. The van der Waals surface area contributed by atoms with Crippen molar-refractivity contribution >= 4 is 0 Å². The summed E-state index contributed by atoms with van der Waals surface area (Å²) >= 11 is 0. The van der Waals surface area contributed by atoms with Gasteiger partial charge in [0.25, 0.3) is 0 Å². The Labute approximate surface area is 86.8 Å². The van der Waals surface area contributed by atoms with Gasteiger partial charge in [-0.15, -0.1) is 0 Å². The van der Waals surface area contributed by atoms with Crippen molar-refractivity contribution in [3.63, 3.8) is 0 Å². The van der Waals surface area contributed by atoms with E-state index in [4.69, 9.17) is 15.3 Å². The van der Waals surface area contributed by atoms with Gasteiger partial charge in [-0.1, -0.05) is 19.8 Å². The summed E-state index contributed by atoms with van der Waals surface area (Å²) in [6.07, 6.45) is 5.27. The molecule has 0 aliphatic rings. The Morgan fingerprint density at radius 1 is 0.786 bits per heavy atom. The summed E-state index contributed by atoms with van der Waals surface area (Å²) in [5, 5.41) is 27.0. The van der Waals surface area contributed by atoms with Crippen LogP contribution in [0.3, 0.4) is 0 Å². The van der Waals surface area contributed by atoms with E-state index in [1.807, 2.05) is 0 Å². The number of aliphatic hydroxyl groups is 3. The van der Waals surface area contributed by atoms with Crippen LogP contribution in [0.2, 0.25) is 0 Å². The first-order chi connectivity index (χ1) is 6.74. The van der Waals surface area contributed by atoms with Crippen molar-refractivity contribution < 1.29 is 15.3 Å². The maximum atomic E-state index is 8.99. The molecule has 0 aromatic heterocycles. The van der Waals surface area contributed by atoms with Gasteiger partial charge >= 0.3 is 0 Å². The van der Waals surface area contributed by atoms with E-state index in [0.29, 0.717) is 19.3 Å². The van der Waals surface area contributed by atoms with E-state index in [1.54, 1.807) is 0 Å². The first-order valence-electron chi connectivity index (χ1n) is 5.57. The van der Waals surface area contributed by atoms with Gasteiger partial charge in [0.05, 0.1) is 0 Å². The maximum Gasteiger partial charge on any atom is 0.0436 e. The molecule has 14 heavy (non-hydrogen) atoms. The van der Waals surface area contributed by atoms with Crippen molar-refractivity contribution in [1.82, 2.24) is 0 Å². The molecule has 0 amide bonds. The second-order valence-corrected chi connectivity index (χ2v) is 4.02. The highest BCUT2D eigenvalue weighted by atomic mass is 16.3. The second-order valence-electron chi connectivity index (χ2n) is 4.02. The average Bonchev–Trinajstić information content (AvgIpc) is 2.16. The van der Waals surface area contributed by atoms with Gasteiger partial charge in [0.2, 0.25) is 0 Å². The van der Waals surface area contributed by atoms with Crippen LogP contribution in [0.1, 0.15) is 45.4 Å². The lowest BCUT2D eigenvalue weighted by Gasteiger charge is -2.32. The van der Waals surface area contributed by atoms with E-state index in [-0.39, 0.29) is 25.2 Å². The summed E-state index contributed by atoms with van der Waals surface area (Å²) in [6, 6.07) is 0. The minimum Gasteiger partial charge on any atom is -0.396 e. The molecule has 3 N–H and O–H groups in total. The van der Waals surface area contributed by atoms with Crippen LogP contribution in [0.5, 0.6) is 0 Å². The predicted molar refractivity (Wildman–Crippen MR) is 57.1 cm³/mol. The number of unbranched alkanes of at least 4 members (excludes halogenated alkanes) is 1. The average molecular weight is 204 g/mol. The number of hydrogen-bond acceptors (Lipinski definition) is 3. The molecular formula is C11H24O3. The molecule has 0 saturated carbocycles. The Morgan fingerprint density at radius 2 is 1.21 bits per heavy atom. The van der Waals surface area contributed by atoms with E-state index in [0.717, 1.165) is 19.3 Å². The van der Waals surface area contributed by atoms with Crippen molar-refractivity contribution in [1.29, 1.82) is 0 Å². The van der Waals surface area contributed by atoms with Crippen LogP contribution in [0, 0.1) is 5.41 Å². The zero-order chi connectivity index (χ0) is 10.9. The number of hydrogen-bond donors (Lipinski definition) is 3. The molecule has 0 spiro atoms. The van der Waals surface area contributed by atoms with Gasteiger partial charge < -0.3 is 15.3 Å². The van der Waals surface area contributed by atoms with Crippen LogP contribution in [0.25, 0.3) is 0 Å². The minimum atomic E-state index is -0.0474. The molecule has 3 nitrogen and oxygen atoms in total. The topological polar surface area (TPSA) is 60.7 Å². The fourth-order valence-corrected chi connectivity index (χ4v) is 2.01. The lowest BCUT2D eigenvalue weighted by atomic mass is 9.75. The van der Waals surface area contributed by atoms with Crippen LogP contribution in [0.15, 0.2) is 0 Å². The molecule has 0 saturated heterocycles. The summed E-state index contributed by atoms with van der Waals surface area (Å²) in [4.78, 5) is 0. The standard InChI is InChI=1S/C11H24O3/c1-2-3-4-11(5-8-12,6-9-13)7-10-14/h12-14H,2-10H2,1H3. The van der Waals surface area contributed by atoms with Crippen molar-refractivity contribution in [3.8, 4) is 0 Å². The molecule has 3 heteroatoms. The highest BCUT2D eigenvalue weighted by molar-refractivity contribution is 4.78. The second kappa shape index (κ2) is 8.21. The Bertz CT molecular complexity index is 109. The zero-order valence-corrected chi connectivity index (χ0v) is 9.21.